The zero-order valence-corrected chi connectivity index (χ0v) is 24.6. The first-order valence-corrected chi connectivity index (χ1v) is 14.1. The molecular formula is C31H38O11. The Balaban J connectivity index is 1.84. The van der Waals surface area contributed by atoms with Crippen molar-refractivity contribution in [1.82, 2.24) is 0 Å². The highest BCUT2D eigenvalue weighted by molar-refractivity contribution is 5.95. The van der Waals surface area contributed by atoms with Crippen LogP contribution in [0.25, 0.3) is 0 Å². The predicted molar refractivity (Wildman–Crippen MR) is 145 cm³/mol. The van der Waals surface area contributed by atoms with Crippen molar-refractivity contribution in [2.75, 3.05) is 6.61 Å². The Morgan fingerprint density at radius 1 is 1.00 bits per heavy atom. The van der Waals surface area contributed by atoms with Crippen molar-refractivity contribution >= 4 is 23.7 Å². The Morgan fingerprint density at radius 3 is 2.19 bits per heavy atom. The van der Waals surface area contributed by atoms with Crippen LogP contribution < -0.4 is 0 Å². The number of aliphatic hydroxyl groups excluding tert-OH is 2. The monoisotopic (exact) mass is 586 g/mol. The summed E-state index contributed by atoms with van der Waals surface area (Å²) in [5.74, 6) is -4.41. The van der Waals surface area contributed by atoms with E-state index >= 15 is 0 Å². The van der Waals surface area contributed by atoms with Crippen LogP contribution in [0, 0.1) is 16.7 Å². The zero-order chi connectivity index (χ0) is 31.0. The molecule has 11 heteroatoms. The van der Waals surface area contributed by atoms with E-state index in [2.05, 4.69) is 0 Å². The standard InChI is InChI=1S/C31H38O11/c1-15-19(34)13-31(38)26(41-27(37)18-10-8-7-9-11-18)24-29(6,20(35)12-21-30(24,14-39-21)42-17(3)33)25(36)23(40-16(2)32)22(15)28(31,4)5/h7-11,19-21,23-24,26,34-35,38H,12-14H2,1-6H3/t19-,20-,21+,23?,24?,26-,29?,30-,31+/m0/s1. The molecule has 3 N–H and O–H groups in total. The molecule has 1 aliphatic heterocycles. The summed E-state index contributed by atoms with van der Waals surface area (Å²) < 4.78 is 23.5. The number of rotatable bonds is 4. The van der Waals surface area contributed by atoms with Gasteiger partial charge in [-0.25, -0.2) is 4.79 Å². The fraction of sp³-hybridized carbons (Fsp3) is 0.613. The molecule has 1 heterocycles. The molecule has 2 saturated carbocycles. The van der Waals surface area contributed by atoms with Crippen molar-refractivity contribution in [3.8, 4) is 0 Å². The smallest absolute Gasteiger partial charge is 0.338 e. The van der Waals surface area contributed by atoms with Gasteiger partial charge in [-0.3, -0.25) is 14.4 Å². The Hall–Kier alpha value is -3.12. The van der Waals surface area contributed by atoms with Crippen molar-refractivity contribution < 1.29 is 53.4 Å². The predicted octanol–water partition coefficient (Wildman–Crippen LogP) is 1.65. The fourth-order valence-corrected chi connectivity index (χ4v) is 7.91. The summed E-state index contributed by atoms with van der Waals surface area (Å²) in [6.45, 7) is 8.42. The second kappa shape index (κ2) is 9.97. The number of hydrogen-bond donors (Lipinski definition) is 3. The Bertz CT molecular complexity index is 1350. The van der Waals surface area contributed by atoms with Crippen LogP contribution in [-0.2, 0) is 33.3 Å². The summed E-state index contributed by atoms with van der Waals surface area (Å²) in [7, 11) is 0. The van der Waals surface area contributed by atoms with Crippen LogP contribution in [0.15, 0.2) is 41.5 Å². The van der Waals surface area contributed by atoms with Crippen molar-refractivity contribution in [2.24, 2.45) is 16.7 Å². The second-order valence-corrected chi connectivity index (χ2v) is 12.8. The van der Waals surface area contributed by atoms with Gasteiger partial charge in [-0.05, 0) is 37.1 Å². The van der Waals surface area contributed by atoms with Crippen LogP contribution in [0.2, 0.25) is 0 Å². The number of benzene rings is 1. The van der Waals surface area contributed by atoms with Crippen molar-refractivity contribution in [2.45, 2.75) is 96.1 Å². The molecule has 228 valence electrons. The molecule has 0 aromatic heterocycles. The van der Waals surface area contributed by atoms with Gasteiger partial charge in [0.15, 0.2) is 17.5 Å². The van der Waals surface area contributed by atoms with E-state index in [1.165, 1.54) is 26.0 Å². The Morgan fingerprint density at radius 2 is 1.64 bits per heavy atom. The highest BCUT2D eigenvalue weighted by Gasteiger charge is 2.78. The number of carbonyl (C=O) groups excluding carboxylic acids is 4. The molecule has 3 fully saturated rings. The summed E-state index contributed by atoms with van der Waals surface area (Å²) in [6.07, 6.45) is -7.27. The molecular weight excluding hydrogens is 548 g/mol. The lowest BCUT2D eigenvalue weighted by molar-refractivity contribution is -0.345. The molecule has 1 aromatic carbocycles. The highest BCUT2D eigenvalue weighted by Crippen LogP contribution is 2.64. The quantitative estimate of drug-likeness (QED) is 0.267. The third kappa shape index (κ3) is 4.08. The number of fused-ring (bicyclic) bond motifs is 5. The number of Topliss-reactive ketones (excluding diaryl/α,β-unsaturated/α-hetero) is 1. The third-order valence-corrected chi connectivity index (χ3v) is 10.2. The molecule has 1 aromatic rings. The van der Waals surface area contributed by atoms with E-state index in [0.717, 1.165) is 6.92 Å². The van der Waals surface area contributed by atoms with Crippen molar-refractivity contribution in [1.29, 1.82) is 0 Å². The summed E-state index contributed by atoms with van der Waals surface area (Å²) in [6, 6.07) is 8.05. The van der Waals surface area contributed by atoms with Crippen molar-refractivity contribution in [3.05, 3.63) is 47.0 Å². The van der Waals surface area contributed by atoms with Crippen LogP contribution in [-0.4, -0.2) is 87.3 Å². The first kappa shape index (κ1) is 30.3. The van der Waals surface area contributed by atoms with E-state index in [-0.39, 0.29) is 30.6 Å². The number of ether oxygens (including phenoxy) is 4. The molecule has 3 unspecified atom stereocenters. The van der Waals surface area contributed by atoms with E-state index in [1.807, 2.05) is 0 Å². The van der Waals surface area contributed by atoms with E-state index in [9.17, 15) is 34.5 Å². The summed E-state index contributed by atoms with van der Waals surface area (Å²) in [4.78, 5) is 53.4. The molecule has 42 heavy (non-hydrogen) atoms. The minimum atomic E-state index is -2.11. The minimum absolute atomic E-state index is 0.110. The molecule has 5 rings (SSSR count). The Labute approximate surface area is 243 Å². The van der Waals surface area contributed by atoms with Gasteiger partial charge in [0, 0.05) is 32.1 Å². The van der Waals surface area contributed by atoms with Gasteiger partial charge in [0.05, 0.1) is 35.7 Å². The number of carbonyl (C=O) groups is 4. The maximum absolute atomic E-state index is 14.8. The molecule has 9 atom stereocenters. The van der Waals surface area contributed by atoms with Gasteiger partial charge >= 0.3 is 17.9 Å². The molecule has 0 radical (unpaired) electrons. The Kier molecular flexibility index (Phi) is 7.20. The molecule has 0 amide bonds. The van der Waals surface area contributed by atoms with Gasteiger partial charge in [-0.1, -0.05) is 32.0 Å². The number of ketones is 1. The number of hydrogen-bond acceptors (Lipinski definition) is 11. The topological polar surface area (TPSA) is 166 Å². The van der Waals surface area contributed by atoms with Crippen molar-refractivity contribution in [3.63, 3.8) is 0 Å². The number of esters is 3. The lowest BCUT2D eigenvalue weighted by Gasteiger charge is -2.67. The van der Waals surface area contributed by atoms with Gasteiger partial charge in [0.2, 0.25) is 0 Å². The average Bonchev–Trinajstić information content (AvgIpc) is 2.90. The van der Waals surface area contributed by atoms with Gasteiger partial charge in [0.1, 0.15) is 17.8 Å². The van der Waals surface area contributed by atoms with Crippen LogP contribution in [0.5, 0.6) is 0 Å². The highest BCUT2D eigenvalue weighted by atomic mass is 16.6. The maximum atomic E-state index is 14.8. The molecule has 11 nitrogen and oxygen atoms in total. The van der Waals surface area contributed by atoms with Crippen LogP contribution in [0.3, 0.4) is 0 Å². The van der Waals surface area contributed by atoms with Gasteiger partial charge in [-0.2, -0.15) is 0 Å². The van der Waals surface area contributed by atoms with Crippen LogP contribution >= 0.6 is 0 Å². The minimum Gasteiger partial charge on any atom is -0.455 e. The normalized spacial score (nSPS) is 40.4. The zero-order valence-electron chi connectivity index (χ0n) is 24.6. The van der Waals surface area contributed by atoms with E-state index < -0.39 is 82.2 Å². The van der Waals surface area contributed by atoms with Crippen LogP contribution in [0.4, 0.5) is 0 Å². The van der Waals surface area contributed by atoms with Gasteiger partial charge in [0.25, 0.3) is 0 Å². The first-order chi connectivity index (χ1) is 19.5. The lowest BCUT2D eigenvalue weighted by atomic mass is 9.44. The molecule has 4 aliphatic rings. The summed E-state index contributed by atoms with van der Waals surface area (Å²) in [5, 5.41) is 35.8. The third-order valence-electron chi connectivity index (χ3n) is 10.2. The summed E-state index contributed by atoms with van der Waals surface area (Å²) >= 11 is 0. The SMILES string of the molecule is CC(=O)OC1C(=O)C2(C)C([C@H](OC(=O)c3ccccc3)[C@]3(O)C[C@H](O)C(C)=C1C3(C)C)[C@]1(OC(C)=O)CO[C@@H]1C[C@@H]2O. The molecule has 3 aliphatic carbocycles. The second-order valence-electron chi connectivity index (χ2n) is 12.8. The molecule has 2 bridgehead atoms. The summed E-state index contributed by atoms with van der Waals surface area (Å²) in [5.41, 5.74) is -6.38. The van der Waals surface area contributed by atoms with E-state index in [0.29, 0.717) is 5.57 Å². The number of aliphatic hydroxyl groups is 3. The first-order valence-electron chi connectivity index (χ1n) is 14.1. The molecule has 1 saturated heterocycles. The van der Waals surface area contributed by atoms with E-state index in [4.69, 9.17) is 18.9 Å². The lowest BCUT2D eigenvalue weighted by Crippen LogP contribution is -2.81. The maximum Gasteiger partial charge on any atom is 0.338 e. The van der Waals surface area contributed by atoms with Gasteiger partial charge < -0.3 is 34.3 Å². The van der Waals surface area contributed by atoms with E-state index in [1.54, 1.807) is 39.0 Å². The van der Waals surface area contributed by atoms with Gasteiger partial charge in [-0.15, -0.1) is 0 Å². The largest absolute Gasteiger partial charge is 0.455 e. The fourth-order valence-electron chi connectivity index (χ4n) is 7.91. The molecule has 0 spiro atoms. The van der Waals surface area contributed by atoms with Crippen LogP contribution in [0.1, 0.15) is 64.7 Å². The average molecular weight is 587 g/mol.